The number of thioether (sulfide) groups is 1. The molecule has 0 atom stereocenters. The first-order valence-corrected chi connectivity index (χ1v) is 5.21. The zero-order valence-electron chi connectivity index (χ0n) is 6.90. The fourth-order valence-electron chi connectivity index (χ4n) is 0.617. The van der Waals surface area contributed by atoms with Gasteiger partial charge in [-0.05, 0) is 0 Å². The van der Waals surface area contributed by atoms with E-state index in [1.807, 2.05) is 5.40 Å². The highest BCUT2D eigenvalue weighted by Gasteiger charge is 2.04. The molecule has 1 rings (SSSR count). The zero-order chi connectivity index (χ0) is 9.68. The van der Waals surface area contributed by atoms with Gasteiger partial charge in [0.1, 0.15) is 5.40 Å². The number of carbonyl (C=O) groups is 1. The molecule has 1 aromatic rings. The molecule has 0 bridgehead atoms. The summed E-state index contributed by atoms with van der Waals surface area (Å²) < 4.78 is 0.786. The molecule has 0 radical (unpaired) electrons. The van der Waals surface area contributed by atoms with Crippen LogP contribution in [0.2, 0.25) is 0 Å². The van der Waals surface area contributed by atoms with Gasteiger partial charge in [0.15, 0.2) is 5.13 Å². The molecule has 1 N–H and O–H groups in total. The second-order valence-electron chi connectivity index (χ2n) is 2.08. The standard InChI is InChI=1S/C7H7N3OS2/c1-2-5(11)10-7-9-3-6(13-7)12-4-8/h3H,2H2,1H3,(H,9,10,11). The van der Waals surface area contributed by atoms with Crippen molar-refractivity contribution < 1.29 is 4.79 Å². The van der Waals surface area contributed by atoms with Gasteiger partial charge in [-0.2, -0.15) is 5.26 Å². The summed E-state index contributed by atoms with van der Waals surface area (Å²) in [6.45, 7) is 1.77. The van der Waals surface area contributed by atoms with Crippen molar-refractivity contribution in [1.82, 2.24) is 4.98 Å². The van der Waals surface area contributed by atoms with Gasteiger partial charge >= 0.3 is 0 Å². The van der Waals surface area contributed by atoms with Gasteiger partial charge in [0.25, 0.3) is 0 Å². The second kappa shape index (κ2) is 4.84. The van der Waals surface area contributed by atoms with Gasteiger partial charge in [0.05, 0.1) is 10.4 Å². The van der Waals surface area contributed by atoms with Crippen molar-refractivity contribution in [2.24, 2.45) is 0 Å². The van der Waals surface area contributed by atoms with Crippen molar-refractivity contribution in [2.75, 3.05) is 5.32 Å². The predicted molar refractivity (Wildman–Crippen MR) is 52.5 cm³/mol. The number of nitrogens with one attached hydrogen (secondary N) is 1. The summed E-state index contributed by atoms with van der Waals surface area (Å²) in [6, 6.07) is 0. The molecule has 1 aromatic heterocycles. The van der Waals surface area contributed by atoms with E-state index in [9.17, 15) is 4.79 Å². The SMILES string of the molecule is CCC(=O)Nc1ncc(SC#N)s1. The molecule has 0 saturated carbocycles. The van der Waals surface area contributed by atoms with Crippen LogP contribution in [0.1, 0.15) is 13.3 Å². The molecule has 13 heavy (non-hydrogen) atoms. The maximum Gasteiger partial charge on any atom is 0.225 e. The number of hydrogen-bond acceptors (Lipinski definition) is 5. The van der Waals surface area contributed by atoms with Crippen LogP contribution in [0.25, 0.3) is 0 Å². The molecular formula is C7H7N3OS2. The average Bonchev–Trinajstić information content (AvgIpc) is 2.53. The van der Waals surface area contributed by atoms with Gasteiger partial charge in [0, 0.05) is 18.2 Å². The lowest BCUT2D eigenvalue weighted by Gasteiger charge is -1.95. The minimum absolute atomic E-state index is 0.0668. The van der Waals surface area contributed by atoms with Crippen LogP contribution in [0.15, 0.2) is 10.4 Å². The third kappa shape index (κ3) is 3.05. The number of nitriles is 1. The van der Waals surface area contributed by atoms with Crippen LogP contribution in [-0.2, 0) is 4.79 Å². The second-order valence-corrected chi connectivity index (χ2v) is 4.20. The van der Waals surface area contributed by atoms with Crippen molar-refractivity contribution in [1.29, 1.82) is 5.26 Å². The summed E-state index contributed by atoms with van der Waals surface area (Å²) in [4.78, 5) is 14.9. The third-order valence-corrected chi connectivity index (χ3v) is 2.80. The van der Waals surface area contributed by atoms with Crippen LogP contribution in [0, 0.1) is 10.7 Å². The molecule has 0 unspecified atom stereocenters. The first-order chi connectivity index (χ1) is 6.26. The lowest BCUT2D eigenvalue weighted by Crippen LogP contribution is -2.08. The number of carbonyl (C=O) groups excluding carboxylic acids is 1. The van der Waals surface area contributed by atoms with E-state index >= 15 is 0 Å². The third-order valence-electron chi connectivity index (χ3n) is 1.20. The van der Waals surface area contributed by atoms with Gasteiger partial charge in [0.2, 0.25) is 5.91 Å². The van der Waals surface area contributed by atoms with Crippen LogP contribution in [0.5, 0.6) is 0 Å². The molecule has 4 nitrogen and oxygen atoms in total. The van der Waals surface area contributed by atoms with E-state index in [4.69, 9.17) is 5.26 Å². The molecule has 1 amide bonds. The highest BCUT2D eigenvalue weighted by atomic mass is 32.2. The van der Waals surface area contributed by atoms with Gasteiger partial charge in [-0.1, -0.05) is 18.3 Å². The Morgan fingerprint density at radius 3 is 3.31 bits per heavy atom. The van der Waals surface area contributed by atoms with E-state index in [1.54, 1.807) is 13.1 Å². The number of anilines is 1. The Labute approximate surface area is 84.0 Å². The van der Waals surface area contributed by atoms with Crippen LogP contribution in [0.3, 0.4) is 0 Å². The summed E-state index contributed by atoms with van der Waals surface area (Å²) in [5.41, 5.74) is 0. The quantitative estimate of drug-likeness (QED) is 0.616. The van der Waals surface area contributed by atoms with Crippen LogP contribution < -0.4 is 5.32 Å². The van der Waals surface area contributed by atoms with E-state index in [2.05, 4.69) is 10.3 Å². The molecule has 0 spiro atoms. The van der Waals surface area contributed by atoms with Crippen molar-refractivity contribution in [3.63, 3.8) is 0 Å². The Hall–Kier alpha value is -1.06. The number of thiazole rings is 1. The van der Waals surface area contributed by atoms with Crippen LogP contribution in [0.4, 0.5) is 5.13 Å². The predicted octanol–water partition coefficient (Wildman–Crippen LogP) is 2.06. The van der Waals surface area contributed by atoms with Crippen molar-refractivity contribution >= 4 is 34.1 Å². The first kappa shape index (κ1) is 10.0. The number of hydrogen-bond donors (Lipinski definition) is 1. The molecule has 6 heteroatoms. The van der Waals surface area contributed by atoms with Gasteiger partial charge < -0.3 is 5.32 Å². The molecule has 0 aromatic carbocycles. The number of thiocyanates is 1. The van der Waals surface area contributed by atoms with E-state index < -0.39 is 0 Å². The number of amides is 1. The van der Waals surface area contributed by atoms with Crippen molar-refractivity contribution in [3.05, 3.63) is 6.20 Å². The van der Waals surface area contributed by atoms with Crippen molar-refractivity contribution in [3.8, 4) is 5.40 Å². The summed E-state index contributed by atoms with van der Waals surface area (Å²) in [7, 11) is 0. The minimum Gasteiger partial charge on any atom is -0.302 e. The monoisotopic (exact) mass is 213 g/mol. The van der Waals surface area contributed by atoms with Crippen LogP contribution >= 0.6 is 23.1 Å². The molecule has 0 aliphatic rings. The van der Waals surface area contributed by atoms with E-state index in [0.717, 1.165) is 16.0 Å². The zero-order valence-corrected chi connectivity index (χ0v) is 8.54. The fourth-order valence-corrected chi connectivity index (χ4v) is 1.89. The van der Waals surface area contributed by atoms with Crippen molar-refractivity contribution in [2.45, 2.75) is 17.6 Å². The topological polar surface area (TPSA) is 65.8 Å². The van der Waals surface area contributed by atoms with E-state index in [0.29, 0.717) is 11.6 Å². The highest BCUT2D eigenvalue weighted by Crippen LogP contribution is 2.27. The Morgan fingerprint density at radius 2 is 2.69 bits per heavy atom. The van der Waals surface area contributed by atoms with Crippen LogP contribution in [-0.4, -0.2) is 10.9 Å². The normalized spacial score (nSPS) is 9.23. The molecule has 0 aliphatic carbocycles. The maximum atomic E-state index is 10.9. The van der Waals surface area contributed by atoms with Gasteiger partial charge in [-0.15, -0.1) is 0 Å². The Kier molecular flexibility index (Phi) is 3.73. The largest absolute Gasteiger partial charge is 0.302 e. The maximum absolute atomic E-state index is 10.9. The van der Waals surface area contributed by atoms with Gasteiger partial charge in [-0.25, -0.2) is 4.98 Å². The number of aromatic nitrogens is 1. The minimum atomic E-state index is -0.0668. The lowest BCUT2D eigenvalue weighted by atomic mass is 10.5. The average molecular weight is 213 g/mol. The summed E-state index contributed by atoms with van der Waals surface area (Å²) in [5, 5.41) is 13.5. The number of nitrogens with zero attached hydrogens (tertiary/aromatic N) is 2. The lowest BCUT2D eigenvalue weighted by molar-refractivity contribution is -0.115. The summed E-state index contributed by atoms with van der Waals surface area (Å²) >= 11 is 2.34. The highest BCUT2D eigenvalue weighted by molar-refractivity contribution is 8.05. The van der Waals surface area contributed by atoms with E-state index in [-0.39, 0.29) is 5.91 Å². The fraction of sp³-hybridized carbons (Fsp3) is 0.286. The molecule has 68 valence electrons. The molecule has 0 aliphatic heterocycles. The number of rotatable bonds is 3. The molecular weight excluding hydrogens is 206 g/mol. The molecule has 1 heterocycles. The first-order valence-electron chi connectivity index (χ1n) is 3.58. The summed E-state index contributed by atoms with van der Waals surface area (Å²) in [6.07, 6.45) is 2.00. The van der Waals surface area contributed by atoms with Gasteiger partial charge in [-0.3, -0.25) is 4.79 Å². The Balaban J connectivity index is 2.59. The summed E-state index contributed by atoms with van der Waals surface area (Å²) in [5.74, 6) is -0.0668. The molecule has 0 saturated heterocycles. The smallest absolute Gasteiger partial charge is 0.225 e. The Bertz CT molecular complexity index is 342. The Morgan fingerprint density at radius 1 is 1.92 bits per heavy atom. The van der Waals surface area contributed by atoms with E-state index in [1.165, 1.54) is 11.3 Å². The molecule has 0 fully saturated rings.